The number of phenolic OH excluding ortho intramolecular Hbond substituents is 2. The van der Waals surface area contributed by atoms with Crippen molar-refractivity contribution in [1.29, 1.82) is 0 Å². The van der Waals surface area contributed by atoms with Crippen LogP contribution in [-0.2, 0) is 12.8 Å². The second-order valence-corrected chi connectivity index (χ2v) is 5.34. The number of fused-ring (bicyclic) bond motifs is 1. The molecular weight excluding hydrogens is 250 g/mol. The van der Waals surface area contributed by atoms with E-state index in [0.717, 1.165) is 25.8 Å². The molecule has 1 unspecified atom stereocenters. The summed E-state index contributed by atoms with van der Waals surface area (Å²) in [4.78, 5) is 0. The van der Waals surface area contributed by atoms with Gasteiger partial charge in [0.15, 0.2) is 0 Å². The molecule has 2 aromatic carbocycles. The molecule has 1 aliphatic rings. The van der Waals surface area contributed by atoms with E-state index in [-0.39, 0.29) is 0 Å². The first kappa shape index (κ1) is 13.0. The standard InChI is InChI=1S/C17H19NO2/c19-14-4-1-12(2-5-14)9-10-18-17-8-3-13-11-15(20)6-7-16(13)17/h1-2,4-7,11,17-20H,3,8-10H2. The summed E-state index contributed by atoms with van der Waals surface area (Å²) < 4.78 is 0. The third-order valence-corrected chi connectivity index (χ3v) is 3.95. The number of benzene rings is 2. The van der Waals surface area contributed by atoms with E-state index >= 15 is 0 Å². The second kappa shape index (κ2) is 5.55. The van der Waals surface area contributed by atoms with Crippen LogP contribution in [0.25, 0.3) is 0 Å². The summed E-state index contributed by atoms with van der Waals surface area (Å²) in [6, 6.07) is 13.4. The van der Waals surface area contributed by atoms with Crippen molar-refractivity contribution in [3.63, 3.8) is 0 Å². The van der Waals surface area contributed by atoms with Crippen LogP contribution in [0.4, 0.5) is 0 Å². The average Bonchev–Trinajstić information content (AvgIpc) is 2.83. The van der Waals surface area contributed by atoms with E-state index < -0.39 is 0 Å². The van der Waals surface area contributed by atoms with Crippen LogP contribution in [-0.4, -0.2) is 16.8 Å². The van der Waals surface area contributed by atoms with Gasteiger partial charge in [0.2, 0.25) is 0 Å². The van der Waals surface area contributed by atoms with Crippen molar-refractivity contribution in [2.45, 2.75) is 25.3 Å². The molecule has 0 spiro atoms. The van der Waals surface area contributed by atoms with E-state index in [2.05, 4.69) is 5.32 Å². The summed E-state index contributed by atoms with van der Waals surface area (Å²) >= 11 is 0. The average molecular weight is 269 g/mol. The first-order valence-corrected chi connectivity index (χ1v) is 7.05. The molecule has 0 fully saturated rings. The minimum atomic E-state index is 0.311. The third-order valence-electron chi connectivity index (χ3n) is 3.95. The van der Waals surface area contributed by atoms with Gasteiger partial charge in [0.05, 0.1) is 0 Å². The summed E-state index contributed by atoms with van der Waals surface area (Å²) in [7, 11) is 0. The van der Waals surface area contributed by atoms with Crippen molar-refractivity contribution in [3.05, 3.63) is 59.2 Å². The Labute approximate surface area is 118 Å². The molecule has 0 heterocycles. The van der Waals surface area contributed by atoms with Crippen molar-refractivity contribution >= 4 is 0 Å². The Balaban J connectivity index is 1.57. The first-order chi connectivity index (χ1) is 9.72. The smallest absolute Gasteiger partial charge is 0.115 e. The van der Waals surface area contributed by atoms with Crippen LogP contribution in [0.2, 0.25) is 0 Å². The first-order valence-electron chi connectivity index (χ1n) is 7.05. The monoisotopic (exact) mass is 269 g/mol. The highest BCUT2D eigenvalue weighted by molar-refractivity contribution is 5.40. The van der Waals surface area contributed by atoms with E-state index in [1.807, 2.05) is 24.3 Å². The predicted octanol–water partition coefficient (Wildman–Crippen LogP) is 2.92. The number of hydrogen-bond acceptors (Lipinski definition) is 3. The van der Waals surface area contributed by atoms with E-state index in [1.54, 1.807) is 18.2 Å². The van der Waals surface area contributed by atoms with E-state index in [0.29, 0.717) is 17.5 Å². The van der Waals surface area contributed by atoms with Crippen LogP contribution in [0.15, 0.2) is 42.5 Å². The summed E-state index contributed by atoms with van der Waals surface area (Å²) in [5.74, 6) is 0.666. The zero-order chi connectivity index (χ0) is 13.9. The van der Waals surface area contributed by atoms with Gasteiger partial charge in [0.25, 0.3) is 0 Å². The Morgan fingerprint density at radius 1 is 1.00 bits per heavy atom. The van der Waals surface area contributed by atoms with E-state index in [1.165, 1.54) is 16.7 Å². The largest absolute Gasteiger partial charge is 0.508 e. The molecule has 0 bridgehead atoms. The number of hydrogen-bond donors (Lipinski definition) is 3. The summed E-state index contributed by atoms with van der Waals surface area (Å²) in [6.07, 6.45) is 3.07. The molecule has 0 amide bonds. The predicted molar refractivity (Wildman–Crippen MR) is 79.0 cm³/mol. The van der Waals surface area contributed by atoms with Gasteiger partial charge in [0.1, 0.15) is 11.5 Å². The van der Waals surface area contributed by atoms with Gasteiger partial charge in [-0.25, -0.2) is 0 Å². The molecule has 0 aliphatic heterocycles. The Morgan fingerprint density at radius 3 is 2.55 bits per heavy atom. The summed E-state index contributed by atoms with van der Waals surface area (Å²) in [6.45, 7) is 0.912. The van der Waals surface area contributed by atoms with Crippen molar-refractivity contribution in [1.82, 2.24) is 5.32 Å². The minimum absolute atomic E-state index is 0.311. The quantitative estimate of drug-likeness (QED) is 0.800. The molecule has 1 atom stereocenters. The van der Waals surface area contributed by atoms with Gasteiger partial charge in [-0.1, -0.05) is 18.2 Å². The van der Waals surface area contributed by atoms with Crippen LogP contribution < -0.4 is 5.32 Å². The Kier molecular flexibility index (Phi) is 3.61. The molecule has 0 saturated carbocycles. The molecule has 2 aromatic rings. The number of aryl methyl sites for hydroxylation is 1. The molecule has 3 N–H and O–H groups in total. The SMILES string of the molecule is Oc1ccc(CCNC2CCc3cc(O)ccc32)cc1. The molecule has 1 aliphatic carbocycles. The van der Waals surface area contributed by atoms with E-state index in [9.17, 15) is 10.2 Å². The Morgan fingerprint density at radius 2 is 1.75 bits per heavy atom. The number of phenols is 2. The van der Waals surface area contributed by atoms with Crippen molar-refractivity contribution < 1.29 is 10.2 Å². The molecule has 3 rings (SSSR count). The van der Waals surface area contributed by atoms with Crippen molar-refractivity contribution in [2.75, 3.05) is 6.54 Å². The van der Waals surface area contributed by atoms with Crippen LogP contribution in [0.1, 0.15) is 29.2 Å². The molecule has 20 heavy (non-hydrogen) atoms. The van der Waals surface area contributed by atoms with Gasteiger partial charge < -0.3 is 15.5 Å². The van der Waals surface area contributed by atoms with Crippen LogP contribution >= 0.6 is 0 Å². The summed E-state index contributed by atoms with van der Waals surface area (Å²) in [5, 5.41) is 22.3. The van der Waals surface area contributed by atoms with E-state index in [4.69, 9.17) is 0 Å². The normalized spacial score (nSPS) is 17.1. The number of nitrogens with one attached hydrogen (secondary N) is 1. The Bertz CT molecular complexity index is 592. The molecule has 0 aromatic heterocycles. The third kappa shape index (κ3) is 2.78. The number of aromatic hydroxyl groups is 2. The van der Waals surface area contributed by atoms with Crippen LogP contribution in [0.3, 0.4) is 0 Å². The van der Waals surface area contributed by atoms with Crippen molar-refractivity contribution in [3.8, 4) is 11.5 Å². The minimum Gasteiger partial charge on any atom is -0.508 e. The van der Waals surface area contributed by atoms with Gasteiger partial charge >= 0.3 is 0 Å². The van der Waals surface area contributed by atoms with Gasteiger partial charge in [-0.3, -0.25) is 0 Å². The molecule has 3 nitrogen and oxygen atoms in total. The molecule has 0 radical (unpaired) electrons. The topological polar surface area (TPSA) is 52.5 Å². The maximum Gasteiger partial charge on any atom is 0.115 e. The fourth-order valence-electron chi connectivity index (χ4n) is 2.87. The lowest BCUT2D eigenvalue weighted by molar-refractivity contribution is 0.474. The van der Waals surface area contributed by atoms with Gasteiger partial charge in [-0.15, -0.1) is 0 Å². The lowest BCUT2D eigenvalue weighted by atomic mass is 10.1. The lowest BCUT2D eigenvalue weighted by Gasteiger charge is -2.14. The second-order valence-electron chi connectivity index (χ2n) is 5.34. The van der Waals surface area contributed by atoms with Crippen LogP contribution in [0, 0.1) is 0 Å². The van der Waals surface area contributed by atoms with Gasteiger partial charge in [-0.2, -0.15) is 0 Å². The van der Waals surface area contributed by atoms with Gasteiger partial charge in [-0.05, 0) is 66.8 Å². The van der Waals surface area contributed by atoms with Crippen molar-refractivity contribution in [2.24, 2.45) is 0 Å². The Hall–Kier alpha value is -2.00. The zero-order valence-electron chi connectivity index (χ0n) is 11.3. The zero-order valence-corrected chi connectivity index (χ0v) is 11.3. The molecular formula is C17H19NO2. The fourth-order valence-corrected chi connectivity index (χ4v) is 2.87. The highest BCUT2D eigenvalue weighted by atomic mass is 16.3. The lowest BCUT2D eigenvalue weighted by Crippen LogP contribution is -2.21. The number of rotatable bonds is 4. The highest BCUT2D eigenvalue weighted by Gasteiger charge is 2.21. The summed E-state index contributed by atoms with van der Waals surface area (Å²) in [5.41, 5.74) is 3.79. The molecule has 104 valence electrons. The highest BCUT2D eigenvalue weighted by Crippen LogP contribution is 2.33. The van der Waals surface area contributed by atoms with Crippen LogP contribution in [0.5, 0.6) is 11.5 Å². The maximum absolute atomic E-state index is 9.49. The maximum atomic E-state index is 9.49. The molecule has 0 saturated heterocycles. The fraction of sp³-hybridized carbons (Fsp3) is 0.294. The molecule has 3 heteroatoms. The van der Waals surface area contributed by atoms with Gasteiger partial charge in [0, 0.05) is 6.04 Å².